The standard InChI is InChI=1S/C21H23ClF3N3O3/c1-20(2,3)31-12-18(29)26-9-8-13-4-6-14(7-5-13)28-19(30)15-11-27-17(10-16(15)22)21(23,24)25/h4-7,10-11H,8-9,12H2,1-3H3,(H,26,29)(H,28,30). The van der Waals surface area contributed by atoms with Crippen molar-refractivity contribution in [3.8, 4) is 0 Å². The van der Waals surface area contributed by atoms with Crippen LogP contribution in [0.3, 0.4) is 0 Å². The van der Waals surface area contributed by atoms with E-state index >= 15 is 0 Å². The van der Waals surface area contributed by atoms with Crippen molar-refractivity contribution >= 4 is 29.1 Å². The summed E-state index contributed by atoms with van der Waals surface area (Å²) >= 11 is 5.81. The Morgan fingerprint density at radius 2 is 1.77 bits per heavy atom. The number of halogens is 4. The zero-order valence-electron chi connectivity index (χ0n) is 17.3. The number of nitrogens with zero attached hydrogens (tertiary/aromatic N) is 1. The van der Waals surface area contributed by atoms with E-state index in [9.17, 15) is 22.8 Å². The maximum absolute atomic E-state index is 12.7. The molecule has 2 aromatic rings. The number of ether oxygens (including phenoxy) is 1. The Morgan fingerprint density at radius 3 is 2.32 bits per heavy atom. The molecule has 2 N–H and O–H groups in total. The van der Waals surface area contributed by atoms with Crippen LogP contribution in [0.5, 0.6) is 0 Å². The van der Waals surface area contributed by atoms with E-state index in [1.807, 2.05) is 20.8 Å². The molecule has 0 saturated carbocycles. The van der Waals surface area contributed by atoms with Crippen molar-refractivity contribution in [3.63, 3.8) is 0 Å². The molecule has 31 heavy (non-hydrogen) atoms. The molecule has 0 atom stereocenters. The second-order valence-electron chi connectivity index (χ2n) is 7.70. The van der Waals surface area contributed by atoms with E-state index in [0.717, 1.165) is 11.8 Å². The van der Waals surface area contributed by atoms with Crippen LogP contribution in [0.25, 0.3) is 0 Å². The van der Waals surface area contributed by atoms with Gasteiger partial charge >= 0.3 is 6.18 Å². The van der Waals surface area contributed by atoms with Crippen LogP contribution in [-0.4, -0.2) is 35.6 Å². The van der Waals surface area contributed by atoms with Gasteiger partial charge in [0.1, 0.15) is 12.3 Å². The zero-order chi connectivity index (χ0) is 23.2. The third kappa shape index (κ3) is 8.18. The minimum atomic E-state index is -4.65. The number of anilines is 1. The highest BCUT2D eigenvalue weighted by Crippen LogP contribution is 2.30. The first-order valence-corrected chi connectivity index (χ1v) is 9.76. The summed E-state index contributed by atoms with van der Waals surface area (Å²) in [5.41, 5.74) is -0.371. The molecule has 2 rings (SSSR count). The molecule has 0 unspecified atom stereocenters. The maximum Gasteiger partial charge on any atom is 0.433 e. The molecule has 168 valence electrons. The lowest BCUT2D eigenvalue weighted by Crippen LogP contribution is -2.33. The second kappa shape index (κ2) is 10.1. The summed E-state index contributed by atoms with van der Waals surface area (Å²) < 4.78 is 43.4. The number of rotatable bonds is 7. The maximum atomic E-state index is 12.7. The Morgan fingerprint density at radius 1 is 1.13 bits per heavy atom. The number of amides is 2. The Bertz CT molecular complexity index is 926. The molecule has 1 heterocycles. The number of nitrogens with one attached hydrogen (secondary N) is 2. The molecule has 0 aliphatic carbocycles. The number of carbonyl (C=O) groups excluding carboxylic acids is 2. The molecule has 0 fully saturated rings. The van der Waals surface area contributed by atoms with Crippen molar-refractivity contribution in [1.29, 1.82) is 0 Å². The van der Waals surface area contributed by atoms with Gasteiger partial charge in [-0.15, -0.1) is 0 Å². The Hall–Kier alpha value is -2.65. The number of pyridine rings is 1. The van der Waals surface area contributed by atoms with Crippen molar-refractivity contribution in [2.45, 2.75) is 39.0 Å². The van der Waals surface area contributed by atoms with Crippen LogP contribution >= 0.6 is 11.6 Å². The van der Waals surface area contributed by atoms with Gasteiger partial charge in [0.15, 0.2) is 0 Å². The number of benzene rings is 1. The van der Waals surface area contributed by atoms with Gasteiger partial charge in [-0.3, -0.25) is 14.6 Å². The molecular formula is C21H23ClF3N3O3. The SMILES string of the molecule is CC(C)(C)OCC(=O)NCCc1ccc(NC(=O)c2cnc(C(F)(F)F)cc2Cl)cc1. The van der Waals surface area contributed by atoms with Crippen LogP contribution in [0.2, 0.25) is 5.02 Å². The summed E-state index contributed by atoms with van der Waals surface area (Å²) in [4.78, 5) is 27.3. The Labute approximate surface area is 183 Å². The molecule has 10 heteroatoms. The van der Waals surface area contributed by atoms with Gasteiger partial charge < -0.3 is 15.4 Å². The van der Waals surface area contributed by atoms with E-state index in [0.29, 0.717) is 24.7 Å². The predicted molar refractivity (Wildman–Crippen MR) is 111 cm³/mol. The normalized spacial score (nSPS) is 11.8. The summed E-state index contributed by atoms with van der Waals surface area (Å²) in [7, 11) is 0. The van der Waals surface area contributed by atoms with E-state index in [-0.39, 0.29) is 23.1 Å². The first-order chi connectivity index (χ1) is 14.3. The molecule has 1 aromatic heterocycles. The summed E-state index contributed by atoms with van der Waals surface area (Å²) in [6.07, 6.45) is -3.28. The second-order valence-corrected chi connectivity index (χ2v) is 8.11. The number of carbonyl (C=O) groups is 2. The highest BCUT2D eigenvalue weighted by molar-refractivity contribution is 6.34. The molecule has 0 spiro atoms. The van der Waals surface area contributed by atoms with Gasteiger partial charge in [0.25, 0.3) is 5.91 Å². The van der Waals surface area contributed by atoms with Gasteiger partial charge in [-0.05, 0) is 51.0 Å². The Kier molecular flexibility index (Phi) is 8.02. The summed E-state index contributed by atoms with van der Waals surface area (Å²) in [6.45, 7) is 5.99. The van der Waals surface area contributed by atoms with Crippen LogP contribution in [0.4, 0.5) is 18.9 Å². The number of hydrogen-bond donors (Lipinski definition) is 2. The highest BCUT2D eigenvalue weighted by Gasteiger charge is 2.33. The molecular weight excluding hydrogens is 435 g/mol. The molecule has 2 amide bonds. The Balaban J connectivity index is 1.87. The third-order valence-corrected chi connectivity index (χ3v) is 4.29. The fourth-order valence-corrected chi connectivity index (χ4v) is 2.62. The van der Waals surface area contributed by atoms with Gasteiger partial charge in [0, 0.05) is 18.4 Å². The van der Waals surface area contributed by atoms with Crippen molar-refractivity contribution < 1.29 is 27.5 Å². The van der Waals surface area contributed by atoms with Crippen LogP contribution in [-0.2, 0) is 22.1 Å². The van der Waals surface area contributed by atoms with E-state index in [2.05, 4.69) is 15.6 Å². The molecule has 0 aliphatic rings. The quantitative estimate of drug-likeness (QED) is 0.642. The minimum absolute atomic E-state index is 0.0180. The van der Waals surface area contributed by atoms with Gasteiger partial charge in [-0.25, -0.2) is 0 Å². The molecule has 0 radical (unpaired) electrons. The number of alkyl halides is 3. The smallest absolute Gasteiger partial charge is 0.366 e. The van der Waals surface area contributed by atoms with Gasteiger partial charge in [0.05, 0.1) is 16.2 Å². The van der Waals surface area contributed by atoms with Crippen molar-refractivity contribution in [3.05, 3.63) is 58.4 Å². The largest absolute Gasteiger partial charge is 0.433 e. The van der Waals surface area contributed by atoms with Gasteiger partial charge in [0.2, 0.25) is 5.91 Å². The average Bonchev–Trinajstić information content (AvgIpc) is 2.66. The lowest BCUT2D eigenvalue weighted by atomic mass is 10.1. The zero-order valence-corrected chi connectivity index (χ0v) is 18.0. The fraction of sp³-hybridized carbons (Fsp3) is 0.381. The summed E-state index contributed by atoms with van der Waals surface area (Å²) in [5, 5.41) is 4.97. The lowest BCUT2D eigenvalue weighted by Gasteiger charge is -2.18. The van der Waals surface area contributed by atoms with E-state index in [1.54, 1.807) is 24.3 Å². The topological polar surface area (TPSA) is 80.3 Å². The molecule has 6 nitrogen and oxygen atoms in total. The molecule has 0 aliphatic heterocycles. The van der Waals surface area contributed by atoms with Crippen LogP contribution < -0.4 is 10.6 Å². The average molecular weight is 458 g/mol. The highest BCUT2D eigenvalue weighted by atomic mass is 35.5. The fourth-order valence-electron chi connectivity index (χ4n) is 2.39. The number of aromatic nitrogens is 1. The van der Waals surface area contributed by atoms with Crippen molar-refractivity contribution in [2.24, 2.45) is 0 Å². The van der Waals surface area contributed by atoms with Crippen LogP contribution in [0, 0.1) is 0 Å². The first kappa shape index (κ1) is 24.6. The molecule has 0 saturated heterocycles. The van der Waals surface area contributed by atoms with E-state index < -0.39 is 23.4 Å². The molecule has 0 bridgehead atoms. The number of hydrogen-bond acceptors (Lipinski definition) is 4. The predicted octanol–water partition coefficient (Wildman–Crippen LogP) is 4.48. The van der Waals surface area contributed by atoms with Crippen LogP contribution in [0.15, 0.2) is 36.5 Å². The molecule has 1 aromatic carbocycles. The summed E-state index contributed by atoms with van der Waals surface area (Å²) in [6, 6.07) is 7.42. The van der Waals surface area contributed by atoms with Gasteiger partial charge in [-0.1, -0.05) is 23.7 Å². The lowest BCUT2D eigenvalue weighted by molar-refractivity contribution is -0.141. The van der Waals surface area contributed by atoms with Gasteiger partial charge in [-0.2, -0.15) is 13.2 Å². The monoisotopic (exact) mass is 457 g/mol. The van der Waals surface area contributed by atoms with Crippen LogP contribution in [0.1, 0.15) is 42.4 Å². The first-order valence-electron chi connectivity index (χ1n) is 9.39. The van der Waals surface area contributed by atoms with E-state index in [4.69, 9.17) is 16.3 Å². The van der Waals surface area contributed by atoms with Crippen molar-refractivity contribution in [2.75, 3.05) is 18.5 Å². The third-order valence-electron chi connectivity index (χ3n) is 3.97. The minimum Gasteiger partial charge on any atom is -0.366 e. The van der Waals surface area contributed by atoms with Crippen molar-refractivity contribution in [1.82, 2.24) is 10.3 Å². The van der Waals surface area contributed by atoms with E-state index in [1.165, 1.54) is 0 Å². The summed E-state index contributed by atoms with van der Waals surface area (Å²) in [5.74, 6) is -0.883.